The molecule has 0 aliphatic carbocycles. The fraction of sp³-hybridized carbons (Fsp3) is 0.0833. The highest BCUT2D eigenvalue weighted by atomic mass is 32.2. The van der Waals surface area contributed by atoms with E-state index in [-0.39, 0.29) is 16.8 Å². The van der Waals surface area contributed by atoms with E-state index in [2.05, 4.69) is 5.32 Å². The first-order valence-corrected chi connectivity index (χ1v) is 11.3. The number of nitrogens with one attached hydrogen (secondary N) is 1. The molecule has 0 bridgehead atoms. The molecule has 0 spiro atoms. The van der Waals surface area contributed by atoms with Crippen molar-refractivity contribution in [2.24, 2.45) is 0 Å². The van der Waals surface area contributed by atoms with Gasteiger partial charge in [-0.2, -0.15) is 0 Å². The van der Waals surface area contributed by atoms with E-state index in [4.69, 9.17) is 4.74 Å². The van der Waals surface area contributed by atoms with Gasteiger partial charge in [-0.05, 0) is 54.6 Å². The number of anilines is 1. The maximum atomic E-state index is 13.3. The average Bonchev–Trinajstić information content (AvgIpc) is 2.81. The number of rotatable bonds is 6. The van der Waals surface area contributed by atoms with Crippen molar-refractivity contribution < 1.29 is 22.3 Å². The third-order valence-corrected chi connectivity index (χ3v) is 6.80. The van der Waals surface area contributed by atoms with Crippen LogP contribution in [-0.4, -0.2) is 26.0 Å². The summed E-state index contributed by atoms with van der Waals surface area (Å²) in [6.45, 7) is -0.246. The number of pyridine rings is 1. The number of carbonyl (C=O) groups is 1. The summed E-state index contributed by atoms with van der Waals surface area (Å²) in [5, 5.41) is 2.81. The van der Waals surface area contributed by atoms with Gasteiger partial charge in [0.05, 0.1) is 22.9 Å². The molecule has 0 radical (unpaired) electrons. The maximum Gasteiger partial charge on any atom is 0.244 e. The average molecular weight is 466 g/mol. The second-order valence-electron chi connectivity index (χ2n) is 7.21. The number of methoxy groups -OCH3 is 1. The van der Waals surface area contributed by atoms with Crippen LogP contribution in [0.25, 0.3) is 10.9 Å². The Labute approximate surface area is 189 Å². The van der Waals surface area contributed by atoms with E-state index in [9.17, 15) is 22.4 Å². The Bertz CT molecular complexity index is 1500. The minimum atomic E-state index is -4.29. The molecule has 1 heterocycles. The normalized spacial score (nSPS) is 11.3. The van der Waals surface area contributed by atoms with Gasteiger partial charge in [0, 0.05) is 11.9 Å². The fourth-order valence-electron chi connectivity index (χ4n) is 3.42. The lowest BCUT2D eigenvalue weighted by Gasteiger charge is -2.15. The molecule has 9 heteroatoms. The van der Waals surface area contributed by atoms with Gasteiger partial charge in [0.25, 0.3) is 0 Å². The van der Waals surface area contributed by atoms with E-state index >= 15 is 0 Å². The van der Waals surface area contributed by atoms with E-state index in [1.165, 1.54) is 17.7 Å². The van der Waals surface area contributed by atoms with Crippen LogP contribution < -0.4 is 15.5 Å². The Kier molecular flexibility index (Phi) is 5.97. The van der Waals surface area contributed by atoms with Gasteiger partial charge in [-0.3, -0.25) is 9.59 Å². The Hall–Kier alpha value is -3.98. The summed E-state index contributed by atoms with van der Waals surface area (Å²) >= 11 is 0. The maximum absolute atomic E-state index is 13.3. The quantitative estimate of drug-likeness (QED) is 0.438. The first kappa shape index (κ1) is 22.2. The van der Waals surface area contributed by atoms with Crippen molar-refractivity contribution in [3.8, 4) is 5.75 Å². The molecule has 1 amide bonds. The highest BCUT2D eigenvalue weighted by Crippen LogP contribution is 2.24. The van der Waals surface area contributed by atoms with Gasteiger partial charge < -0.3 is 14.6 Å². The summed E-state index contributed by atoms with van der Waals surface area (Å²) in [5.74, 6) is -0.657. The molecule has 1 N–H and O–H groups in total. The Morgan fingerprint density at radius 3 is 2.39 bits per heavy atom. The number of carbonyl (C=O) groups excluding carboxylic acids is 1. The molecule has 3 aromatic carbocycles. The fourth-order valence-corrected chi connectivity index (χ4v) is 4.78. The van der Waals surface area contributed by atoms with E-state index in [0.29, 0.717) is 17.0 Å². The van der Waals surface area contributed by atoms with Crippen molar-refractivity contribution in [2.75, 3.05) is 12.4 Å². The molecule has 4 rings (SSSR count). The van der Waals surface area contributed by atoms with Crippen LogP contribution in [0.3, 0.4) is 0 Å². The van der Waals surface area contributed by atoms with Gasteiger partial charge in [0.15, 0.2) is 0 Å². The van der Waals surface area contributed by atoms with E-state index in [0.717, 1.165) is 30.5 Å². The van der Waals surface area contributed by atoms with E-state index in [1.807, 2.05) is 6.07 Å². The van der Waals surface area contributed by atoms with Crippen molar-refractivity contribution in [3.63, 3.8) is 0 Å². The number of fused-ring (bicyclic) bond motifs is 1. The number of benzene rings is 3. The van der Waals surface area contributed by atoms with E-state index in [1.54, 1.807) is 36.4 Å². The van der Waals surface area contributed by atoms with Gasteiger partial charge in [-0.15, -0.1) is 0 Å². The molecule has 0 fully saturated rings. The lowest BCUT2D eigenvalue weighted by molar-refractivity contribution is -0.116. The summed E-state index contributed by atoms with van der Waals surface area (Å²) < 4.78 is 46.3. The monoisotopic (exact) mass is 466 g/mol. The van der Waals surface area contributed by atoms with Gasteiger partial charge >= 0.3 is 0 Å². The van der Waals surface area contributed by atoms with Crippen molar-refractivity contribution >= 4 is 32.3 Å². The predicted molar refractivity (Wildman–Crippen MR) is 122 cm³/mol. The molecule has 0 aliphatic heterocycles. The smallest absolute Gasteiger partial charge is 0.244 e. The molecule has 1 aromatic heterocycles. The van der Waals surface area contributed by atoms with Gasteiger partial charge in [0.2, 0.25) is 21.2 Å². The molecule has 4 aromatic rings. The number of sulfone groups is 1. The third kappa shape index (κ3) is 4.49. The Morgan fingerprint density at radius 1 is 1.03 bits per heavy atom. The first-order chi connectivity index (χ1) is 15.8. The third-order valence-electron chi connectivity index (χ3n) is 5.04. The molecule has 0 saturated heterocycles. The standard InChI is InChI=1S/C24H19FN2O5S/c1-32-18-9-12-21-20(13-18)24(29)22(33(30,31)19-10-7-16(25)8-11-19)14-27(21)15-23(28)26-17-5-3-2-4-6-17/h2-14H,15H2,1H3,(H,26,28). The van der Waals surface area contributed by atoms with Crippen LogP contribution in [0, 0.1) is 5.82 Å². The van der Waals surface area contributed by atoms with Crippen LogP contribution in [0.1, 0.15) is 0 Å². The SMILES string of the molecule is COc1ccc2c(c1)c(=O)c(S(=O)(=O)c1ccc(F)cc1)cn2CC(=O)Nc1ccccc1. The lowest BCUT2D eigenvalue weighted by atomic mass is 10.2. The second kappa shape index (κ2) is 8.87. The van der Waals surface area contributed by atoms with Gasteiger partial charge in [-0.25, -0.2) is 12.8 Å². The number of amides is 1. The van der Waals surface area contributed by atoms with Crippen LogP contribution >= 0.6 is 0 Å². The molecule has 7 nitrogen and oxygen atoms in total. The number of nitrogens with zero attached hydrogens (tertiary/aromatic N) is 1. The molecule has 0 atom stereocenters. The van der Waals surface area contributed by atoms with Crippen LogP contribution in [-0.2, 0) is 21.2 Å². The number of halogens is 1. The zero-order chi connectivity index (χ0) is 23.6. The predicted octanol–water partition coefficient (Wildman–Crippen LogP) is 3.62. The lowest BCUT2D eigenvalue weighted by Crippen LogP contribution is -2.24. The van der Waals surface area contributed by atoms with Crippen molar-refractivity contribution in [2.45, 2.75) is 16.3 Å². The Morgan fingerprint density at radius 2 is 1.73 bits per heavy atom. The van der Waals surface area contributed by atoms with Crippen molar-refractivity contribution in [3.05, 3.63) is 95.0 Å². The van der Waals surface area contributed by atoms with Crippen LogP contribution in [0.15, 0.2) is 93.6 Å². The molecule has 168 valence electrons. The number of para-hydroxylation sites is 1. The van der Waals surface area contributed by atoms with E-state index < -0.39 is 31.9 Å². The summed E-state index contributed by atoms with van der Waals surface area (Å²) in [6.07, 6.45) is 1.14. The summed E-state index contributed by atoms with van der Waals surface area (Å²) in [5.41, 5.74) is 0.198. The van der Waals surface area contributed by atoms with Gasteiger partial charge in [-0.1, -0.05) is 18.2 Å². The minimum Gasteiger partial charge on any atom is -0.497 e. The number of hydrogen-bond donors (Lipinski definition) is 1. The van der Waals surface area contributed by atoms with Gasteiger partial charge in [0.1, 0.15) is 23.0 Å². The van der Waals surface area contributed by atoms with Crippen molar-refractivity contribution in [1.29, 1.82) is 0 Å². The molecule has 0 unspecified atom stereocenters. The number of ether oxygens (including phenoxy) is 1. The molecule has 0 aliphatic rings. The minimum absolute atomic E-state index is 0.0741. The molecule has 0 saturated carbocycles. The van der Waals surface area contributed by atoms with Crippen LogP contribution in [0.4, 0.5) is 10.1 Å². The highest BCUT2D eigenvalue weighted by Gasteiger charge is 2.24. The Balaban J connectivity index is 1.85. The second-order valence-corrected chi connectivity index (χ2v) is 9.12. The van der Waals surface area contributed by atoms with Crippen LogP contribution in [0.5, 0.6) is 5.75 Å². The molecular formula is C24H19FN2O5S. The summed E-state index contributed by atoms with van der Waals surface area (Å²) in [4.78, 5) is 25.1. The zero-order valence-corrected chi connectivity index (χ0v) is 18.3. The van der Waals surface area contributed by atoms with Crippen molar-refractivity contribution in [1.82, 2.24) is 4.57 Å². The number of aromatic nitrogens is 1. The zero-order valence-electron chi connectivity index (χ0n) is 17.5. The number of hydrogen-bond acceptors (Lipinski definition) is 5. The van der Waals surface area contributed by atoms with Crippen LogP contribution in [0.2, 0.25) is 0 Å². The largest absolute Gasteiger partial charge is 0.497 e. The first-order valence-electron chi connectivity index (χ1n) is 9.86. The molecule has 33 heavy (non-hydrogen) atoms. The highest BCUT2D eigenvalue weighted by molar-refractivity contribution is 7.91. The molecular weight excluding hydrogens is 447 g/mol. The summed E-state index contributed by atoms with van der Waals surface area (Å²) in [6, 6.07) is 17.6. The topological polar surface area (TPSA) is 94.5 Å². The summed E-state index contributed by atoms with van der Waals surface area (Å²) in [7, 11) is -2.86.